The van der Waals surface area contributed by atoms with E-state index in [2.05, 4.69) is 5.10 Å². The smallest absolute Gasteiger partial charge is 0.431 e. The minimum Gasteiger partial charge on any atom is -0.465 e. The van der Waals surface area contributed by atoms with Crippen LogP contribution in [0.5, 0.6) is 0 Å². The number of rotatable bonds is 5. The van der Waals surface area contributed by atoms with E-state index in [4.69, 9.17) is 10.4 Å². The first-order chi connectivity index (χ1) is 13.2. The second-order valence-corrected chi connectivity index (χ2v) is 7.30. The molecule has 2 aliphatic rings. The van der Waals surface area contributed by atoms with Crippen LogP contribution in [0.4, 0.5) is 23.7 Å². The lowest BCUT2D eigenvalue weighted by molar-refractivity contribution is -0.0620. The first kappa shape index (κ1) is 20.0. The van der Waals surface area contributed by atoms with E-state index >= 15 is 0 Å². The molecule has 1 fully saturated rings. The predicted molar refractivity (Wildman–Crippen MR) is 97.0 cm³/mol. The highest BCUT2D eigenvalue weighted by atomic mass is 19.4. The molecule has 1 aromatic rings. The van der Waals surface area contributed by atoms with Crippen LogP contribution in [-0.2, 0) is 6.42 Å². The zero-order chi connectivity index (χ0) is 20.5. The number of halogens is 3. The fourth-order valence-corrected chi connectivity index (χ4v) is 3.69. The number of alkyl halides is 3. The number of anilines is 1. The van der Waals surface area contributed by atoms with Gasteiger partial charge >= 0.3 is 12.3 Å². The minimum absolute atomic E-state index is 0.0479. The van der Waals surface area contributed by atoms with Crippen molar-refractivity contribution in [3.8, 4) is 6.07 Å². The Morgan fingerprint density at radius 2 is 1.96 bits per heavy atom. The van der Waals surface area contributed by atoms with Gasteiger partial charge in [0.25, 0.3) is 0 Å². The second-order valence-electron chi connectivity index (χ2n) is 7.30. The van der Waals surface area contributed by atoms with Crippen molar-refractivity contribution in [1.82, 2.24) is 4.90 Å². The SMILES string of the molecule is C[C@@H]1C(C(F)(F)F)=NN(c2ccc(CCC3CN(C(=O)O)C3)cc2)[C@H]1CC#N. The third kappa shape index (κ3) is 4.06. The summed E-state index contributed by atoms with van der Waals surface area (Å²) >= 11 is 0. The van der Waals surface area contributed by atoms with Crippen molar-refractivity contribution < 1.29 is 23.1 Å². The zero-order valence-electron chi connectivity index (χ0n) is 15.4. The summed E-state index contributed by atoms with van der Waals surface area (Å²) in [6, 6.07) is 8.44. The Balaban J connectivity index is 1.65. The number of nitrogens with zero attached hydrogens (tertiary/aromatic N) is 4. The molecule has 1 amide bonds. The van der Waals surface area contributed by atoms with Gasteiger partial charge in [-0.25, -0.2) is 4.79 Å². The molecule has 9 heteroatoms. The number of hydrogen-bond acceptors (Lipinski definition) is 4. The van der Waals surface area contributed by atoms with Gasteiger partial charge in [-0.15, -0.1) is 0 Å². The van der Waals surface area contributed by atoms with Gasteiger partial charge in [-0.05, 0) is 36.5 Å². The fraction of sp³-hybridized carbons (Fsp3) is 0.526. The summed E-state index contributed by atoms with van der Waals surface area (Å²) < 4.78 is 39.6. The number of benzene rings is 1. The molecule has 0 unspecified atom stereocenters. The lowest BCUT2D eigenvalue weighted by Crippen LogP contribution is -2.49. The first-order valence-electron chi connectivity index (χ1n) is 9.09. The summed E-state index contributed by atoms with van der Waals surface area (Å²) in [7, 11) is 0. The average Bonchev–Trinajstić information content (AvgIpc) is 2.91. The van der Waals surface area contributed by atoms with Crippen molar-refractivity contribution in [3.63, 3.8) is 0 Å². The van der Waals surface area contributed by atoms with E-state index in [-0.39, 0.29) is 6.42 Å². The van der Waals surface area contributed by atoms with Crippen molar-refractivity contribution in [3.05, 3.63) is 29.8 Å². The van der Waals surface area contributed by atoms with Crippen molar-refractivity contribution in [2.24, 2.45) is 16.9 Å². The van der Waals surface area contributed by atoms with Crippen LogP contribution in [0.25, 0.3) is 0 Å². The standard InChI is InChI=1S/C19H21F3N4O2/c1-12-16(8-9-23)26(24-17(12)19(20,21)22)15-6-4-13(5-7-15)2-3-14-10-25(11-14)18(27)28/h4-7,12,14,16H,2-3,8,10-11H2,1H3,(H,27,28)/t12-,16-/m0/s1. The number of amides is 1. The number of likely N-dealkylation sites (tertiary alicyclic amines) is 1. The van der Waals surface area contributed by atoms with E-state index in [1.165, 1.54) is 16.8 Å². The molecule has 0 spiro atoms. The Hall–Kier alpha value is -2.76. The summed E-state index contributed by atoms with van der Waals surface area (Å²) in [6.07, 6.45) is -3.83. The van der Waals surface area contributed by atoms with Gasteiger partial charge in [-0.1, -0.05) is 19.1 Å². The molecule has 1 aromatic carbocycles. The average molecular weight is 394 g/mol. The molecule has 0 saturated carbocycles. The Bertz CT molecular complexity index is 795. The highest BCUT2D eigenvalue weighted by Gasteiger charge is 2.48. The molecule has 2 aliphatic heterocycles. The number of carbonyl (C=O) groups is 1. The van der Waals surface area contributed by atoms with Crippen LogP contribution < -0.4 is 5.01 Å². The van der Waals surface area contributed by atoms with Gasteiger partial charge in [0.05, 0.1) is 24.2 Å². The van der Waals surface area contributed by atoms with E-state index in [1.54, 1.807) is 12.1 Å². The van der Waals surface area contributed by atoms with Gasteiger partial charge in [-0.2, -0.15) is 23.5 Å². The van der Waals surface area contributed by atoms with Crippen LogP contribution in [0.15, 0.2) is 29.4 Å². The first-order valence-corrected chi connectivity index (χ1v) is 9.09. The van der Waals surface area contributed by atoms with Crippen molar-refractivity contribution in [2.45, 2.75) is 38.4 Å². The summed E-state index contributed by atoms with van der Waals surface area (Å²) in [5.74, 6) is -0.538. The maximum absolute atomic E-state index is 13.2. The van der Waals surface area contributed by atoms with Gasteiger partial charge in [0, 0.05) is 19.0 Å². The Labute approximate surface area is 160 Å². The van der Waals surface area contributed by atoms with Gasteiger partial charge in [0.2, 0.25) is 0 Å². The second kappa shape index (κ2) is 7.70. The maximum atomic E-state index is 13.2. The molecule has 0 radical (unpaired) electrons. The van der Waals surface area contributed by atoms with Crippen molar-refractivity contribution >= 4 is 17.5 Å². The van der Waals surface area contributed by atoms with Gasteiger partial charge in [0.1, 0.15) is 5.71 Å². The third-order valence-corrected chi connectivity index (χ3v) is 5.40. The Morgan fingerprint density at radius 3 is 2.50 bits per heavy atom. The molecule has 1 N–H and O–H groups in total. The zero-order valence-corrected chi connectivity index (χ0v) is 15.4. The fourth-order valence-electron chi connectivity index (χ4n) is 3.69. The summed E-state index contributed by atoms with van der Waals surface area (Å²) in [5.41, 5.74) is 0.696. The van der Waals surface area contributed by atoms with Crippen LogP contribution in [0.2, 0.25) is 0 Å². The lowest BCUT2D eigenvalue weighted by Gasteiger charge is -2.37. The number of aryl methyl sites for hydroxylation is 1. The maximum Gasteiger partial charge on any atom is 0.431 e. The van der Waals surface area contributed by atoms with Crippen LogP contribution in [-0.4, -0.2) is 47.1 Å². The third-order valence-electron chi connectivity index (χ3n) is 5.40. The van der Waals surface area contributed by atoms with E-state index < -0.39 is 29.9 Å². The van der Waals surface area contributed by atoms with E-state index in [9.17, 15) is 18.0 Å². The molecule has 150 valence electrons. The number of hydrogen-bond donors (Lipinski definition) is 1. The highest BCUT2D eigenvalue weighted by molar-refractivity contribution is 5.95. The Kier molecular flexibility index (Phi) is 5.49. The molecule has 3 rings (SSSR count). The largest absolute Gasteiger partial charge is 0.465 e. The molecule has 28 heavy (non-hydrogen) atoms. The molecule has 0 aromatic heterocycles. The summed E-state index contributed by atoms with van der Waals surface area (Å²) in [5, 5.41) is 22.9. The quantitative estimate of drug-likeness (QED) is 0.822. The molecular weight excluding hydrogens is 373 g/mol. The van der Waals surface area contributed by atoms with E-state index in [1.807, 2.05) is 18.2 Å². The molecule has 0 bridgehead atoms. The molecule has 6 nitrogen and oxygen atoms in total. The van der Waals surface area contributed by atoms with Crippen LogP contribution in [0.3, 0.4) is 0 Å². The minimum atomic E-state index is -4.52. The van der Waals surface area contributed by atoms with Gasteiger partial charge in [0.15, 0.2) is 0 Å². The van der Waals surface area contributed by atoms with Gasteiger partial charge < -0.3 is 10.0 Å². The molecule has 2 atom stereocenters. The van der Waals surface area contributed by atoms with Crippen LogP contribution >= 0.6 is 0 Å². The van der Waals surface area contributed by atoms with E-state index in [0.717, 1.165) is 18.4 Å². The monoisotopic (exact) mass is 394 g/mol. The van der Waals surface area contributed by atoms with Gasteiger partial charge in [-0.3, -0.25) is 5.01 Å². The van der Waals surface area contributed by atoms with E-state index in [0.29, 0.717) is 24.7 Å². The molecule has 2 heterocycles. The number of nitriles is 1. The Morgan fingerprint density at radius 1 is 1.32 bits per heavy atom. The highest BCUT2D eigenvalue weighted by Crippen LogP contribution is 2.36. The van der Waals surface area contributed by atoms with Crippen molar-refractivity contribution in [1.29, 1.82) is 5.26 Å². The van der Waals surface area contributed by atoms with Crippen molar-refractivity contribution in [2.75, 3.05) is 18.1 Å². The summed E-state index contributed by atoms with van der Waals surface area (Å²) in [6.45, 7) is 2.54. The molecule has 0 aliphatic carbocycles. The number of carboxylic acid groups (broad SMARTS) is 1. The normalized spacial score (nSPS) is 22.6. The topological polar surface area (TPSA) is 79.9 Å². The van der Waals surface area contributed by atoms with Crippen LogP contribution in [0, 0.1) is 23.2 Å². The molecule has 1 saturated heterocycles. The number of hydrazone groups is 1. The predicted octanol–water partition coefficient (Wildman–Crippen LogP) is 3.89. The summed E-state index contributed by atoms with van der Waals surface area (Å²) in [4.78, 5) is 12.1. The lowest BCUT2D eigenvalue weighted by atomic mass is 9.93. The molecular formula is C19H21F3N4O2. The van der Waals surface area contributed by atoms with Crippen LogP contribution in [0.1, 0.15) is 25.3 Å².